The van der Waals surface area contributed by atoms with Crippen molar-refractivity contribution in [3.63, 3.8) is 0 Å². The first-order chi connectivity index (χ1) is 9.50. The van der Waals surface area contributed by atoms with Crippen molar-refractivity contribution in [2.24, 2.45) is 5.10 Å². The van der Waals surface area contributed by atoms with Crippen molar-refractivity contribution in [2.45, 2.75) is 11.8 Å². The molecule has 0 bridgehead atoms. The molecule has 0 amide bonds. The molecular weight excluding hydrogens is 340 g/mol. The topological polar surface area (TPSA) is 58.5 Å². The quantitative estimate of drug-likeness (QED) is 0.678. The summed E-state index contributed by atoms with van der Waals surface area (Å²) in [5.41, 5.74) is 1.42. The van der Waals surface area contributed by atoms with E-state index in [4.69, 9.17) is 0 Å². The molecule has 104 valence electrons. The highest BCUT2D eigenvalue weighted by atomic mass is 79.9. The Kier molecular flexibility index (Phi) is 4.57. The van der Waals surface area contributed by atoms with Gasteiger partial charge in [-0.1, -0.05) is 52.3 Å². The van der Waals surface area contributed by atoms with Gasteiger partial charge in [-0.3, -0.25) is 0 Å². The number of halogens is 1. The monoisotopic (exact) mass is 352 g/mol. The highest BCUT2D eigenvalue weighted by molar-refractivity contribution is 9.10. The number of nitrogens with zero attached hydrogens (tertiary/aromatic N) is 1. The molecule has 0 aromatic heterocycles. The van der Waals surface area contributed by atoms with Crippen molar-refractivity contribution in [1.82, 2.24) is 4.83 Å². The summed E-state index contributed by atoms with van der Waals surface area (Å²) in [6.45, 7) is 1.74. The number of hydrazone groups is 1. The smallest absolute Gasteiger partial charge is 0.200 e. The van der Waals surface area contributed by atoms with E-state index in [1.807, 2.05) is 24.3 Å². The van der Waals surface area contributed by atoms with Gasteiger partial charge in [0.05, 0.1) is 10.6 Å². The summed E-state index contributed by atoms with van der Waals surface area (Å²) in [6, 6.07) is 15.6. The number of rotatable bonds is 4. The number of sulfonamides is 1. The van der Waals surface area contributed by atoms with Crippen LogP contribution in [0.3, 0.4) is 0 Å². The molecule has 6 heteroatoms. The molecule has 0 aliphatic carbocycles. The first-order valence-corrected chi connectivity index (χ1v) is 8.14. The number of hydrogen-bond acceptors (Lipinski definition) is 3. The van der Waals surface area contributed by atoms with Crippen LogP contribution < -0.4 is 4.83 Å². The maximum atomic E-state index is 12.0. The summed E-state index contributed by atoms with van der Waals surface area (Å²) in [4.78, 5) is 2.42. The minimum atomic E-state index is -3.63. The van der Waals surface area contributed by atoms with Crippen molar-refractivity contribution in [1.29, 1.82) is 0 Å². The maximum absolute atomic E-state index is 12.0. The van der Waals surface area contributed by atoms with Gasteiger partial charge in [0.1, 0.15) is 0 Å². The van der Waals surface area contributed by atoms with E-state index in [2.05, 4.69) is 25.9 Å². The van der Waals surface area contributed by atoms with Crippen LogP contribution in [0.15, 0.2) is 69.1 Å². The predicted octanol–water partition coefficient (Wildman–Crippen LogP) is 3.15. The molecule has 0 spiro atoms. The molecule has 0 unspecified atom stereocenters. The largest absolute Gasteiger partial charge is 0.276 e. The van der Waals surface area contributed by atoms with Crippen LogP contribution in [0.2, 0.25) is 0 Å². The summed E-state index contributed by atoms with van der Waals surface area (Å²) < 4.78 is 24.9. The second-order valence-electron chi connectivity index (χ2n) is 4.08. The Labute approximate surface area is 126 Å². The van der Waals surface area contributed by atoms with Crippen molar-refractivity contribution in [2.75, 3.05) is 0 Å². The second kappa shape index (κ2) is 6.19. The molecule has 0 aliphatic heterocycles. The van der Waals surface area contributed by atoms with E-state index in [0.717, 1.165) is 10.0 Å². The Balaban J connectivity index is 2.23. The van der Waals surface area contributed by atoms with Crippen molar-refractivity contribution in [3.05, 3.63) is 64.6 Å². The van der Waals surface area contributed by atoms with E-state index in [0.29, 0.717) is 5.71 Å². The molecular formula is C14H13BrN2O2S. The molecule has 2 rings (SSSR count). The molecule has 0 radical (unpaired) electrons. The fourth-order valence-corrected chi connectivity index (χ4v) is 3.05. The van der Waals surface area contributed by atoms with Crippen molar-refractivity contribution in [3.8, 4) is 0 Å². The van der Waals surface area contributed by atoms with Crippen LogP contribution in [0.25, 0.3) is 0 Å². The van der Waals surface area contributed by atoms with E-state index in [1.165, 1.54) is 12.1 Å². The van der Waals surface area contributed by atoms with Gasteiger partial charge < -0.3 is 0 Å². The van der Waals surface area contributed by atoms with E-state index >= 15 is 0 Å². The molecule has 20 heavy (non-hydrogen) atoms. The standard InChI is InChI=1S/C14H13BrN2O2S/c1-11(13-9-5-6-10-14(13)15)16-17-20(18,19)12-7-3-2-4-8-12/h2-10,17H,1H3/b16-11+. The van der Waals surface area contributed by atoms with Crippen LogP contribution in [0.5, 0.6) is 0 Å². The van der Waals surface area contributed by atoms with Crippen molar-refractivity contribution < 1.29 is 8.42 Å². The summed E-state index contributed by atoms with van der Waals surface area (Å²) in [5.74, 6) is 0. The fraction of sp³-hybridized carbons (Fsp3) is 0.0714. The van der Waals surface area contributed by atoms with Crippen LogP contribution in [0.4, 0.5) is 0 Å². The summed E-state index contributed by atoms with van der Waals surface area (Å²) in [5, 5.41) is 3.95. The Morgan fingerprint density at radius 2 is 1.65 bits per heavy atom. The lowest BCUT2D eigenvalue weighted by molar-refractivity contribution is 0.584. The molecule has 0 aliphatic rings. The number of nitrogens with one attached hydrogen (secondary N) is 1. The first kappa shape index (κ1) is 14.7. The minimum absolute atomic E-state index is 0.184. The van der Waals surface area contributed by atoms with E-state index in [1.54, 1.807) is 25.1 Å². The average Bonchev–Trinajstić information content (AvgIpc) is 2.46. The maximum Gasteiger partial charge on any atom is 0.276 e. The van der Waals surface area contributed by atoms with Crippen LogP contribution in [-0.4, -0.2) is 14.1 Å². The third-order valence-electron chi connectivity index (χ3n) is 2.65. The predicted molar refractivity (Wildman–Crippen MR) is 83.1 cm³/mol. The Morgan fingerprint density at radius 3 is 2.30 bits per heavy atom. The van der Waals surface area contributed by atoms with Crippen LogP contribution >= 0.6 is 15.9 Å². The molecule has 2 aromatic carbocycles. The lowest BCUT2D eigenvalue weighted by Crippen LogP contribution is -2.19. The SMILES string of the molecule is C/C(=N\NS(=O)(=O)c1ccccc1)c1ccccc1Br. The van der Waals surface area contributed by atoms with Crippen molar-refractivity contribution >= 4 is 31.7 Å². The summed E-state index contributed by atoms with van der Waals surface area (Å²) >= 11 is 3.40. The van der Waals surface area contributed by atoms with Gasteiger partial charge in [0.25, 0.3) is 10.0 Å². The molecule has 0 heterocycles. The van der Waals surface area contributed by atoms with Gasteiger partial charge in [-0.05, 0) is 25.1 Å². The molecule has 1 N–H and O–H groups in total. The molecule has 0 saturated heterocycles. The van der Waals surface area contributed by atoms with Crippen LogP contribution in [0, 0.1) is 0 Å². The van der Waals surface area contributed by atoms with Gasteiger partial charge in [0.15, 0.2) is 0 Å². The zero-order valence-electron chi connectivity index (χ0n) is 10.7. The minimum Gasteiger partial charge on any atom is -0.200 e. The average molecular weight is 353 g/mol. The van der Waals surface area contributed by atoms with Gasteiger partial charge >= 0.3 is 0 Å². The number of hydrogen-bond donors (Lipinski definition) is 1. The van der Waals surface area contributed by atoms with E-state index in [-0.39, 0.29) is 4.90 Å². The molecule has 2 aromatic rings. The third-order valence-corrected chi connectivity index (χ3v) is 4.57. The Morgan fingerprint density at radius 1 is 1.05 bits per heavy atom. The molecule has 0 fully saturated rings. The zero-order valence-corrected chi connectivity index (χ0v) is 13.1. The van der Waals surface area contributed by atoms with Crippen LogP contribution in [0.1, 0.15) is 12.5 Å². The van der Waals surface area contributed by atoms with Crippen LogP contribution in [-0.2, 0) is 10.0 Å². The van der Waals surface area contributed by atoms with Gasteiger partial charge in [-0.2, -0.15) is 18.4 Å². The first-order valence-electron chi connectivity index (χ1n) is 5.87. The normalized spacial score (nSPS) is 12.2. The zero-order chi connectivity index (χ0) is 14.6. The van der Waals surface area contributed by atoms with Gasteiger partial charge in [-0.25, -0.2) is 0 Å². The highest BCUT2D eigenvalue weighted by Crippen LogP contribution is 2.16. The van der Waals surface area contributed by atoms with Gasteiger partial charge in [-0.15, -0.1) is 0 Å². The third kappa shape index (κ3) is 3.46. The van der Waals surface area contributed by atoms with Gasteiger partial charge in [0.2, 0.25) is 0 Å². The van der Waals surface area contributed by atoms with E-state index in [9.17, 15) is 8.42 Å². The highest BCUT2D eigenvalue weighted by Gasteiger charge is 2.12. The lowest BCUT2D eigenvalue weighted by Gasteiger charge is -2.06. The van der Waals surface area contributed by atoms with E-state index < -0.39 is 10.0 Å². The number of benzene rings is 2. The Bertz CT molecular complexity index is 728. The molecule has 4 nitrogen and oxygen atoms in total. The summed E-state index contributed by atoms with van der Waals surface area (Å²) in [6.07, 6.45) is 0. The fourth-order valence-electron chi connectivity index (χ4n) is 1.60. The second-order valence-corrected chi connectivity index (χ2v) is 6.60. The van der Waals surface area contributed by atoms with Gasteiger partial charge in [0, 0.05) is 10.0 Å². The Hall–Kier alpha value is -1.66. The molecule has 0 saturated carbocycles. The lowest BCUT2D eigenvalue weighted by atomic mass is 10.1. The molecule has 0 atom stereocenters. The summed E-state index contributed by atoms with van der Waals surface area (Å²) in [7, 11) is -3.63.